The number of amides is 2. The highest BCUT2D eigenvalue weighted by Gasteiger charge is 2.18. The molecule has 0 saturated carbocycles. The molecule has 20 heavy (non-hydrogen) atoms. The first kappa shape index (κ1) is 16.0. The quantitative estimate of drug-likeness (QED) is 0.897. The van der Waals surface area contributed by atoms with Crippen LogP contribution in [0.15, 0.2) is 18.2 Å². The number of carbonyl (C=O) groups excluding carboxylic acids is 2. The van der Waals surface area contributed by atoms with Gasteiger partial charge in [-0.1, -0.05) is 0 Å². The van der Waals surface area contributed by atoms with Crippen molar-refractivity contribution < 1.29 is 9.59 Å². The first-order chi connectivity index (χ1) is 9.40. The van der Waals surface area contributed by atoms with E-state index in [-0.39, 0.29) is 11.8 Å². The molecule has 1 aromatic rings. The molecule has 1 rings (SSSR count). The van der Waals surface area contributed by atoms with Crippen molar-refractivity contribution in [2.24, 2.45) is 0 Å². The van der Waals surface area contributed by atoms with Crippen molar-refractivity contribution in [1.82, 2.24) is 4.90 Å². The van der Waals surface area contributed by atoms with E-state index in [0.717, 1.165) is 5.69 Å². The van der Waals surface area contributed by atoms with Gasteiger partial charge in [-0.2, -0.15) is 0 Å². The standard InChI is InChI=1S/C15H23N3O2/c1-6-18(7-2)15(20)13-10-12(16-11(3)19)8-9-14(13)17(4)5/h8-10H,6-7H2,1-5H3,(H,16,19). The molecule has 0 saturated heterocycles. The van der Waals surface area contributed by atoms with Gasteiger partial charge in [0, 0.05) is 45.5 Å². The van der Waals surface area contributed by atoms with Gasteiger partial charge >= 0.3 is 0 Å². The minimum Gasteiger partial charge on any atom is -0.377 e. The Morgan fingerprint density at radius 3 is 2.20 bits per heavy atom. The van der Waals surface area contributed by atoms with Gasteiger partial charge in [-0.15, -0.1) is 0 Å². The van der Waals surface area contributed by atoms with E-state index >= 15 is 0 Å². The van der Waals surface area contributed by atoms with Crippen LogP contribution in [0.4, 0.5) is 11.4 Å². The van der Waals surface area contributed by atoms with Crippen LogP contribution in [0.3, 0.4) is 0 Å². The number of hydrogen-bond donors (Lipinski definition) is 1. The minimum atomic E-state index is -0.149. The van der Waals surface area contributed by atoms with Gasteiger partial charge in [0.15, 0.2) is 0 Å². The lowest BCUT2D eigenvalue weighted by Gasteiger charge is -2.23. The topological polar surface area (TPSA) is 52.7 Å². The molecule has 0 aliphatic carbocycles. The van der Waals surface area contributed by atoms with Crippen molar-refractivity contribution in [3.63, 3.8) is 0 Å². The minimum absolute atomic E-state index is 0.0223. The molecule has 0 radical (unpaired) electrons. The van der Waals surface area contributed by atoms with Crippen molar-refractivity contribution in [2.75, 3.05) is 37.4 Å². The second kappa shape index (κ2) is 6.93. The third-order valence-electron chi connectivity index (χ3n) is 3.08. The number of hydrogen-bond acceptors (Lipinski definition) is 3. The number of rotatable bonds is 5. The van der Waals surface area contributed by atoms with Crippen molar-refractivity contribution in [3.05, 3.63) is 23.8 Å². The highest BCUT2D eigenvalue weighted by Crippen LogP contribution is 2.24. The summed E-state index contributed by atoms with van der Waals surface area (Å²) in [6.45, 7) is 6.67. The second-order valence-corrected chi connectivity index (χ2v) is 4.78. The zero-order valence-corrected chi connectivity index (χ0v) is 12.9. The van der Waals surface area contributed by atoms with Gasteiger partial charge in [-0.3, -0.25) is 9.59 Å². The van der Waals surface area contributed by atoms with E-state index in [1.807, 2.05) is 38.9 Å². The van der Waals surface area contributed by atoms with Crippen LogP contribution in [0.2, 0.25) is 0 Å². The van der Waals surface area contributed by atoms with Gasteiger partial charge < -0.3 is 15.1 Å². The summed E-state index contributed by atoms with van der Waals surface area (Å²) in [4.78, 5) is 27.4. The maximum atomic E-state index is 12.6. The van der Waals surface area contributed by atoms with E-state index in [1.54, 1.807) is 17.0 Å². The highest BCUT2D eigenvalue weighted by molar-refractivity contribution is 6.01. The lowest BCUT2D eigenvalue weighted by Crippen LogP contribution is -2.31. The molecule has 2 amide bonds. The van der Waals surface area contributed by atoms with Crippen LogP contribution < -0.4 is 10.2 Å². The Kier molecular flexibility index (Phi) is 5.55. The van der Waals surface area contributed by atoms with Crippen LogP contribution in [0, 0.1) is 0 Å². The van der Waals surface area contributed by atoms with E-state index in [1.165, 1.54) is 6.92 Å². The van der Waals surface area contributed by atoms with Gasteiger partial charge in [0.05, 0.1) is 5.56 Å². The molecule has 110 valence electrons. The second-order valence-electron chi connectivity index (χ2n) is 4.78. The van der Waals surface area contributed by atoms with E-state index < -0.39 is 0 Å². The van der Waals surface area contributed by atoms with Crippen molar-refractivity contribution in [3.8, 4) is 0 Å². The third kappa shape index (κ3) is 3.73. The first-order valence-electron chi connectivity index (χ1n) is 6.78. The molecular weight excluding hydrogens is 254 g/mol. The molecule has 0 aromatic heterocycles. The lowest BCUT2D eigenvalue weighted by atomic mass is 10.1. The highest BCUT2D eigenvalue weighted by atomic mass is 16.2. The summed E-state index contributed by atoms with van der Waals surface area (Å²) in [6.07, 6.45) is 0. The summed E-state index contributed by atoms with van der Waals surface area (Å²) in [7, 11) is 3.79. The summed E-state index contributed by atoms with van der Waals surface area (Å²) >= 11 is 0. The molecule has 0 bridgehead atoms. The summed E-state index contributed by atoms with van der Waals surface area (Å²) in [6, 6.07) is 5.38. The molecule has 0 heterocycles. The number of nitrogens with one attached hydrogen (secondary N) is 1. The van der Waals surface area contributed by atoms with Crippen LogP contribution in [0.25, 0.3) is 0 Å². The van der Waals surface area contributed by atoms with Gasteiger partial charge in [0.1, 0.15) is 0 Å². The van der Waals surface area contributed by atoms with Crippen LogP contribution in [0.1, 0.15) is 31.1 Å². The third-order valence-corrected chi connectivity index (χ3v) is 3.08. The number of carbonyl (C=O) groups is 2. The van der Waals surface area contributed by atoms with Crippen molar-refractivity contribution >= 4 is 23.2 Å². The number of nitrogens with zero attached hydrogens (tertiary/aromatic N) is 2. The summed E-state index contributed by atoms with van der Waals surface area (Å²) < 4.78 is 0. The Bertz CT molecular complexity index is 494. The monoisotopic (exact) mass is 277 g/mol. The molecule has 0 aliphatic rings. The molecule has 0 fully saturated rings. The molecule has 1 N–H and O–H groups in total. The average Bonchev–Trinajstić information content (AvgIpc) is 2.38. The van der Waals surface area contributed by atoms with E-state index in [0.29, 0.717) is 24.3 Å². The summed E-state index contributed by atoms with van der Waals surface area (Å²) in [5.41, 5.74) is 2.08. The van der Waals surface area contributed by atoms with Crippen molar-refractivity contribution in [1.29, 1.82) is 0 Å². The van der Waals surface area contributed by atoms with Crippen LogP contribution in [-0.4, -0.2) is 43.9 Å². The Morgan fingerprint density at radius 2 is 1.75 bits per heavy atom. The zero-order valence-electron chi connectivity index (χ0n) is 12.9. The largest absolute Gasteiger partial charge is 0.377 e. The molecular formula is C15H23N3O2. The fourth-order valence-electron chi connectivity index (χ4n) is 2.06. The van der Waals surface area contributed by atoms with Gasteiger partial charge in [0.2, 0.25) is 5.91 Å². The predicted molar refractivity (Wildman–Crippen MR) is 82.3 cm³/mol. The predicted octanol–water partition coefficient (Wildman–Crippen LogP) is 2.19. The van der Waals surface area contributed by atoms with Gasteiger partial charge in [-0.05, 0) is 32.0 Å². The average molecular weight is 277 g/mol. The smallest absolute Gasteiger partial charge is 0.256 e. The molecule has 1 aromatic carbocycles. The van der Waals surface area contributed by atoms with E-state index in [4.69, 9.17) is 0 Å². The maximum absolute atomic E-state index is 12.6. The lowest BCUT2D eigenvalue weighted by molar-refractivity contribution is -0.114. The fourth-order valence-corrected chi connectivity index (χ4v) is 2.06. The number of anilines is 2. The van der Waals surface area contributed by atoms with Crippen molar-refractivity contribution in [2.45, 2.75) is 20.8 Å². The zero-order chi connectivity index (χ0) is 15.3. The van der Waals surface area contributed by atoms with Crippen LogP contribution >= 0.6 is 0 Å². The normalized spacial score (nSPS) is 10.1. The Labute approximate surface area is 120 Å². The first-order valence-corrected chi connectivity index (χ1v) is 6.78. The van der Waals surface area contributed by atoms with Crippen LogP contribution in [-0.2, 0) is 4.79 Å². The SMILES string of the molecule is CCN(CC)C(=O)c1cc(NC(C)=O)ccc1N(C)C. The summed E-state index contributed by atoms with van der Waals surface area (Å²) in [5, 5.41) is 2.71. The van der Waals surface area contributed by atoms with Gasteiger partial charge in [-0.25, -0.2) is 0 Å². The molecule has 5 nitrogen and oxygen atoms in total. The molecule has 0 aliphatic heterocycles. The van der Waals surface area contributed by atoms with Crippen LogP contribution in [0.5, 0.6) is 0 Å². The number of benzene rings is 1. The Hall–Kier alpha value is -2.04. The fraction of sp³-hybridized carbons (Fsp3) is 0.467. The Morgan fingerprint density at radius 1 is 1.15 bits per heavy atom. The molecule has 0 spiro atoms. The Balaban J connectivity index is 3.24. The van der Waals surface area contributed by atoms with E-state index in [9.17, 15) is 9.59 Å². The molecule has 0 atom stereocenters. The summed E-state index contributed by atoms with van der Waals surface area (Å²) in [5.74, 6) is -0.172. The van der Waals surface area contributed by atoms with Gasteiger partial charge in [0.25, 0.3) is 5.91 Å². The molecule has 0 unspecified atom stereocenters. The molecule has 5 heteroatoms. The maximum Gasteiger partial charge on any atom is 0.256 e. The van der Waals surface area contributed by atoms with E-state index in [2.05, 4.69) is 5.32 Å².